The predicted octanol–water partition coefficient (Wildman–Crippen LogP) is 1.69. The van der Waals surface area contributed by atoms with Gasteiger partial charge in [-0.25, -0.2) is 0 Å². The molecular formula is C10H12Cl2N2O2. The second-order valence-corrected chi connectivity index (χ2v) is 4.21. The van der Waals surface area contributed by atoms with E-state index in [1.54, 1.807) is 6.92 Å². The number of hydrogen-bond acceptors (Lipinski definition) is 3. The standard InChI is InChI=1S/C10H12Cl2N2O2/c1-5(4-15)14-10(16)7-2-6(13)3-8(11)9(7)12/h2-3,5,15H,4,13H2,1H3,(H,14,16). The van der Waals surface area contributed by atoms with Gasteiger partial charge >= 0.3 is 0 Å². The van der Waals surface area contributed by atoms with Gasteiger partial charge in [-0.2, -0.15) is 0 Å². The lowest BCUT2D eigenvalue weighted by atomic mass is 10.1. The van der Waals surface area contributed by atoms with Gasteiger partial charge in [0.1, 0.15) is 0 Å². The number of carbonyl (C=O) groups is 1. The number of nitrogens with two attached hydrogens (primary N) is 1. The number of hydrogen-bond donors (Lipinski definition) is 3. The van der Waals surface area contributed by atoms with Crippen molar-refractivity contribution in [3.05, 3.63) is 27.7 Å². The van der Waals surface area contributed by atoms with Crippen molar-refractivity contribution in [1.82, 2.24) is 5.32 Å². The Morgan fingerprint density at radius 3 is 2.75 bits per heavy atom. The minimum Gasteiger partial charge on any atom is -0.399 e. The van der Waals surface area contributed by atoms with Crippen LogP contribution in [-0.4, -0.2) is 23.7 Å². The van der Waals surface area contributed by atoms with Crippen LogP contribution >= 0.6 is 23.2 Å². The van der Waals surface area contributed by atoms with Crippen LogP contribution in [0, 0.1) is 0 Å². The lowest BCUT2D eigenvalue weighted by Gasteiger charge is -2.12. The number of nitrogens with one attached hydrogen (secondary N) is 1. The third kappa shape index (κ3) is 3.01. The summed E-state index contributed by atoms with van der Waals surface area (Å²) in [5.74, 6) is -0.416. The molecule has 0 spiro atoms. The van der Waals surface area contributed by atoms with Gasteiger partial charge in [-0.15, -0.1) is 0 Å². The van der Waals surface area contributed by atoms with E-state index in [2.05, 4.69) is 5.32 Å². The van der Waals surface area contributed by atoms with Crippen LogP contribution < -0.4 is 11.1 Å². The molecule has 0 aliphatic heterocycles. The molecule has 0 saturated heterocycles. The lowest BCUT2D eigenvalue weighted by Crippen LogP contribution is -2.35. The third-order valence-corrected chi connectivity index (χ3v) is 2.75. The van der Waals surface area contributed by atoms with Crippen LogP contribution in [-0.2, 0) is 0 Å². The summed E-state index contributed by atoms with van der Waals surface area (Å²) in [6, 6.07) is 2.55. The molecule has 88 valence electrons. The molecule has 16 heavy (non-hydrogen) atoms. The molecule has 0 saturated carbocycles. The molecule has 1 rings (SSSR count). The molecule has 1 amide bonds. The Kier molecular flexibility index (Phi) is 4.41. The molecule has 4 nitrogen and oxygen atoms in total. The second-order valence-electron chi connectivity index (χ2n) is 3.42. The first kappa shape index (κ1) is 13.1. The predicted molar refractivity (Wildman–Crippen MR) is 64.9 cm³/mol. The third-order valence-electron chi connectivity index (χ3n) is 1.95. The molecule has 0 fully saturated rings. The number of benzene rings is 1. The Morgan fingerprint density at radius 2 is 2.19 bits per heavy atom. The fraction of sp³-hybridized carbons (Fsp3) is 0.300. The number of aliphatic hydroxyl groups excluding tert-OH is 1. The molecule has 1 atom stereocenters. The Morgan fingerprint density at radius 1 is 1.56 bits per heavy atom. The zero-order valence-electron chi connectivity index (χ0n) is 8.63. The molecule has 0 aromatic heterocycles. The lowest BCUT2D eigenvalue weighted by molar-refractivity contribution is 0.0922. The van der Waals surface area contributed by atoms with E-state index in [1.165, 1.54) is 12.1 Å². The Balaban J connectivity index is 2.99. The van der Waals surface area contributed by atoms with Crippen molar-refractivity contribution in [2.24, 2.45) is 0 Å². The number of nitrogen functional groups attached to an aromatic ring is 1. The summed E-state index contributed by atoms with van der Waals surface area (Å²) in [5, 5.41) is 11.7. The van der Waals surface area contributed by atoms with Gasteiger partial charge in [0.2, 0.25) is 0 Å². The van der Waals surface area contributed by atoms with E-state index in [9.17, 15) is 4.79 Å². The summed E-state index contributed by atoms with van der Waals surface area (Å²) < 4.78 is 0. The molecule has 1 unspecified atom stereocenters. The smallest absolute Gasteiger partial charge is 0.253 e. The van der Waals surface area contributed by atoms with Gasteiger partial charge in [-0.1, -0.05) is 23.2 Å². The first-order valence-corrected chi connectivity index (χ1v) is 5.37. The summed E-state index contributed by atoms with van der Waals surface area (Å²) in [4.78, 5) is 11.7. The Labute approximate surface area is 103 Å². The van der Waals surface area contributed by atoms with Gasteiger partial charge in [-0.3, -0.25) is 4.79 Å². The normalized spacial score (nSPS) is 12.2. The van der Waals surface area contributed by atoms with Crippen molar-refractivity contribution in [1.29, 1.82) is 0 Å². The van der Waals surface area contributed by atoms with E-state index in [4.69, 9.17) is 34.0 Å². The van der Waals surface area contributed by atoms with E-state index < -0.39 is 5.91 Å². The van der Waals surface area contributed by atoms with Gasteiger partial charge in [0.05, 0.1) is 22.2 Å². The molecule has 0 heterocycles. The minimum atomic E-state index is -0.416. The summed E-state index contributed by atoms with van der Waals surface area (Å²) >= 11 is 11.7. The zero-order valence-corrected chi connectivity index (χ0v) is 10.1. The molecule has 4 N–H and O–H groups in total. The van der Waals surface area contributed by atoms with Crippen molar-refractivity contribution in [2.45, 2.75) is 13.0 Å². The highest BCUT2D eigenvalue weighted by atomic mass is 35.5. The van der Waals surface area contributed by atoms with Crippen LogP contribution in [0.4, 0.5) is 5.69 Å². The second kappa shape index (κ2) is 5.39. The van der Waals surface area contributed by atoms with E-state index in [0.717, 1.165) is 0 Å². The largest absolute Gasteiger partial charge is 0.399 e. The summed E-state index contributed by atoms with van der Waals surface area (Å²) in [6.07, 6.45) is 0. The van der Waals surface area contributed by atoms with Crippen LogP contribution in [0.5, 0.6) is 0 Å². The molecule has 0 radical (unpaired) electrons. The van der Waals surface area contributed by atoms with Crippen molar-refractivity contribution in [3.63, 3.8) is 0 Å². The van der Waals surface area contributed by atoms with Gasteiger partial charge in [-0.05, 0) is 19.1 Å². The van der Waals surface area contributed by atoms with Crippen molar-refractivity contribution in [2.75, 3.05) is 12.3 Å². The highest BCUT2D eigenvalue weighted by Gasteiger charge is 2.15. The number of rotatable bonds is 3. The average Bonchev–Trinajstić information content (AvgIpc) is 2.22. The highest BCUT2D eigenvalue weighted by Crippen LogP contribution is 2.28. The average molecular weight is 263 g/mol. The van der Waals surface area contributed by atoms with Crippen molar-refractivity contribution in [3.8, 4) is 0 Å². The summed E-state index contributed by atoms with van der Waals surface area (Å²) in [7, 11) is 0. The number of halogens is 2. The van der Waals surface area contributed by atoms with Gasteiger partial charge in [0, 0.05) is 11.7 Å². The van der Waals surface area contributed by atoms with Crippen molar-refractivity contribution >= 4 is 34.8 Å². The van der Waals surface area contributed by atoms with Crippen LogP contribution in [0.1, 0.15) is 17.3 Å². The first-order chi connectivity index (χ1) is 7.45. The number of carbonyl (C=O) groups excluding carboxylic acids is 1. The summed E-state index contributed by atoms with van der Waals surface area (Å²) in [6.45, 7) is 1.51. The van der Waals surface area contributed by atoms with Crippen LogP contribution in [0.2, 0.25) is 10.0 Å². The van der Waals surface area contributed by atoms with Gasteiger partial charge < -0.3 is 16.2 Å². The molecule has 1 aromatic carbocycles. The number of anilines is 1. The van der Waals surface area contributed by atoms with E-state index >= 15 is 0 Å². The van der Waals surface area contributed by atoms with E-state index in [-0.39, 0.29) is 28.3 Å². The maximum absolute atomic E-state index is 11.7. The maximum Gasteiger partial charge on any atom is 0.253 e. The first-order valence-electron chi connectivity index (χ1n) is 4.62. The highest BCUT2D eigenvalue weighted by molar-refractivity contribution is 6.44. The quantitative estimate of drug-likeness (QED) is 0.726. The number of amides is 1. The fourth-order valence-electron chi connectivity index (χ4n) is 1.12. The topological polar surface area (TPSA) is 75.3 Å². The molecule has 0 bridgehead atoms. The zero-order chi connectivity index (χ0) is 12.3. The number of aliphatic hydroxyl groups is 1. The van der Waals surface area contributed by atoms with Crippen LogP contribution in [0.15, 0.2) is 12.1 Å². The SMILES string of the molecule is CC(CO)NC(=O)c1cc(N)cc(Cl)c1Cl. The molecule has 0 aliphatic carbocycles. The fourth-order valence-corrected chi connectivity index (χ4v) is 1.55. The van der Waals surface area contributed by atoms with Crippen LogP contribution in [0.25, 0.3) is 0 Å². The minimum absolute atomic E-state index is 0.151. The van der Waals surface area contributed by atoms with Crippen molar-refractivity contribution < 1.29 is 9.90 Å². The van der Waals surface area contributed by atoms with E-state index in [0.29, 0.717) is 5.69 Å². The monoisotopic (exact) mass is 262 g/mol. The molecule has 0 aliphatic rings. The Hall–Kier alpha value is -0.970. The summed E-state index contributed by atoms with van der Waals surface area (Å²) in [5.41, 5.74) is 6.12. The Bertz CT molecular complexity index is 410. The molecule has 6 heteroatoms. The van der Waals surface area contributed by atoms with Crippen LogP contribution in [0.3, 0.4) is 0 Å². The van der Waals surface area contributed by atoms with E-state index in [1.807, 2.05) is 0 Å². The van der Waals surface area contributed by atoms with Gasteiger partial charge in [0.25, 0.3) is 5.91 Å². The molecular weight excluding hydrogens is 251 g/mol. The maximum atomic E-state index is 11.7. The van der Waals surface area contributed by atoms with Gasteiger partial charge in [0.15, 0.2) is 0 Å². The molecule has 1 aromatic rings.